The van der Waals surface area contributed by atoms with Crippen molar-refractivity contribution in [2.75, 3.05) is 0 Å². The third-order valence-electron chi connectivity index (χ3n) is 15.2. The average molecular weight is 1130 g/mol. The molecule has 0 saturated carbocycles. The predicted molar refractivity (Wildman–Crippen MR) is 299 cm³/mol. The van der Waals surface area contributed by atoms with Gasteiger partial charge in [0, 0.05) is 6.20 Å². The van der Waals surface area contributed by atoms with E-state index in [-0.39, 0.29) is 16.9 Å². The summed E-state index contributed by atoms with van der Waals surface area (Å²) in [6.45, 7) is 16.1. The van der Waals surface area contributed by atoms with Crippen molar-refractivity contribution in [1.29, 1.82) is 0 Å². The zero-order valence-electron chi connectivity index (χ0n) is 42.6. The van der Waals surface area contributed by atoms with Gasteiger partial charge < -0.3 is 0 Å². The van der Waals surface area contributed by atoms with E-state index < -0.39 is 0 Å². The third kappa shape index (κ3) is 8.42. The molecule has 364 valence electrons. The van der Waals surface area contributed by atoms with Crippen LogP contribution in [-0.4, -0.2) is 18.7 Å². The number of fused-ring (bicyclic) bond motifs is 5. The van der Waals surface area contributed by atoms with E-state index >= 15 is 0 Å². The maximum atomic E-state index is 7.04. The summed E-state index contributed by atoms with van der Waals surface area (Å²) < 4.78 is 15.7. The second kappa shape index (κ2) is 18.3. The molecule has 73 heavy (non-hydrogen) atoms. The minimum atomic E-state index is -0.0636. The van der Waals surface area contributed by atoms with Crippen LogP contribution in [-0.2, 0) is 30.2 Å². The fourth-order valence-electron chi connectivity index (χ4n) is 11.2. The Morgan fingerprint density at radius 2 is 1.08 bits per heavy atom. The molecule has 6 heteroatoms. The molecule has 0 saturated heterocycles. The van der Waals surface area contributed by atoms with E-state index in [1.165, 1.54) is 77.7 Å². The fourth-order valence-corrected chi connectivity index (χ4v) is 12.4. The summed E-state index contributed by atoms with van der Waals surface area (Å²) in [4.78, 5) is 5.00. The van der Waals surface area contributed by atoms with Crippen molar-refractivity contribution in [3.05, 3.63) is 226 Å². The van der Waals surface area contributed by atoms with Gasteiger partial charge >= 0.3 is 328 Å². The zero-order chi connectivity index (χ0) is 50.2. The number of ether oxygens (including phenoxy) is 1. The Hall–Kier alpha value is -7.33. The molecular formula is C67H60N4OPt. The molecule has 2 unspecified atom stereocenters. The van der Waals surface area contributed by atoms with Crippen LogP contribution in [0, 0.1) is 3.80 Å². The first kappa shape index (κ1) is 46.7. The van der Waals surface area contributed by atoms with Crippen LogP contribution in [0.3, 0.4) is 0 Å². The molecule has 1 aliphatic carbocycles. The maximum absolute atomic E-state index is 7.04. The number of pyridine rings is 1. The van der Waals surface area contributed by atoms with Crippen LogP contribution in [0.5, 0.6) is 11.5 Å². The van der Waals surface area contributed by atoms with Gasteiger partial charge in [0.2, 0.25) is 0 Å². The Bertz CT molecular complexity index is 3880. The first-order chi connectivity index (χ1) is 35.3. The third-order valence-corrected chi connectivity index (χ3v) is 16.2. The minimum absolute atomic E-state index is 0.0355. The molecule has 5 nitrogen and oxygen atoms in total. The summed E-state index contributed by atoms with van der Waals surface area (Å²) >= 11 is 2.62. The molecule has 0 N–H and O–H groups in total. The van der Waals surface area contributed by atoms with E-state index in [0.29, 0.717) is 5.92 Å². The van der Waals surface area contributed by atoms with Gasteiger partial charge in [0.1, 0.15) is 0 Å². The van der Waals surface area contributed by atoms with Gasteiger partial charge in [0.15, 0.2) is 0 Å². The van der Waals surface area contributed by atoms with Crippen LogP contribution in [0.2, 0.25) is 0 Å². The average Bonchev–Trinajstić information content (AvgIpc) is 3.88. The number of hydrogen-bond acceptors (Lipinski definition) is 2. The number of aromatic nitrogens is 4. The molecule has 0 radical (unpaired) electrons. The first-order valence-corrected chi connectivity index (χ1v) is 26.8. The SMILES string of the molecule is CC1CCC(n2[c](=[Pt])n(-c3c(-c4ccccc4)cc(C(C)(C)C)cc3-c3ccccc3)c3ccccc32)c2cc(Oc3ccc4c5cc(-c6ccccc6)ccc5n(-c5cc(C(C)(C)C)ccn5)c4c3)ccc21. The van der Waals surface area contributed by atoms with Crippen LogP contribution in [0.25, 0.3) is 77.7 Å². The molecule has 1 aliphatic rings. The Balaban J connectivity index is 1.01. The van der Waals surface area contributed by atoms with Gasteiger partial charge in [-0.2, -0.15) is 0 Å². The van der Waals surface area contributed by atoms with Crippen LogP contribution < -0.4 is 4.74 Å². The van der Waals surface area contributed by atoms with E-state index in [0.717, 1.165) is 50.4 Å². The van der Waals surface area contributed by atoms with Gasteiger partial charge in [-0.1, -0.05) is 57.2 Å². The Morgan fingerprint density at radius 1 is 0.479 bits per heavy atom. The van der Waals surface area contributed by atoms with Crippen molar-refractivity contribution >= 4 is 32.8 Å². The normalized spacial score (nSPS) is 15.0. The second-order valence-electron chi connectivity index (χ2n) is 22.0. The molecule has 3 aromatic heterocycles. The van der Waals surface area contributed by atoms with Crippen molar-refractivity contribution in [2.24, 2.45) is 0 Å². The summed E-state index contributed by atoms with van der Waals surface area (Å²) in [5.41, 5.74) is 18.1. The van der Waals surface area contributed by atoms with Crippen LogP contribution in [0.15, 0.2) is 200 Å². The molecule has 8 aromatic carbocycles. The van der Waals surface area contributed by atoms with Gasteiger partial charge in [-0.3, -0.25) is 0 Å². The Labute approximate surface area is 439 Å². The van der Waals surface area contributed by atoms with Gasteiger partial charge in [-0.25, -0.2) is 4.98 Å². The number of imidazole rings is 1. The zero-order valence-corrected chi connectivity index (χ0v) is 44.9. The Kier molecular flexibility index (Phi) is 11.7. The molecular weight excluding hydrogens is 1070 g/mol. The summed E-state index contributed by atoms with van der Waals surface area (Å²) in [7, 11) is 0. The van der Waals surface area contributed by atoms with E-state index in [9.17, 15) is 0 Å². The van der Waals surface area contributed by atoms with E-state index in [2.05, 4.69) is 276 Å². The van der Waals surface area contributed by atoms with Crippen molar-refractivity contribution in [3.63, 3.8) is 0 Å². The standard InChI is InChI=1S/C67H60N4O.Pt/c1-44-27-33-59(69-43-70(62-26-18-17-25-61(62)69)65-55(46-21-13-9-14-22-46)38-50(67(5,6)7)39-56(65)47-23-15-10-16-24-47)58-41-51(29-31-53(44)58)72-52-30-32-54-57-37-48(45-19-11-8-12-20-45)28-34-60(57)71(63(54)42-52)64-40-49(35-36-68-64)66(2,3)4;/h8-26,28-32,34-42,44,59H,27,33H2,1-7H3;. The molecule has 11 aromatic rings. The molecule has 0 aliphatic heterocycles. The number of hydrogen-bond donors (Lipinski definition) is 0. The van der Waals surface area contributed by atoms with Crippen molar-refractivity contribution in [2.45, 2.75) is 84.1 Å². The van der Waals surface area contributed by atoms with E-state index in [1.54, 1.807) is 0 Å². The van der Waals surface area contributed by atoms with Gasteiger partial charge in [0.05, 0.1) is 0 Å². The first-order valence-electron chi connectivity index (χ1n) is 25.7. The Morgan fingerprint density at radius 3 is 1.74 bits per heavy atom. The predicted octanol–water partition coefficient (Wildman–Crippen LogP) is 17.9. The molecule has 0 bridgehead atoms. The quantitative estimate of drug-likeness (QED) is 0.152. The van der Waals surface area contributed by atoms with E-state index in [1.807, 2.05) is 6.20 Å². The number of nitrogens with zero attached hydrogens (tertiary/aromatic N) is 4. The summed E-state index contributed by atoms with van der Waals surface area (Å²) in [5, 5.41) is 2.34. The summed E-state index contributed by atoms with van der Waals surface area (Å²) in [6, 6.07) is 71.0. The molecule has 12 rings (SSSR count). The molecule has 3 heterocycles. The van der Waals surface area contributed by atoms with Gasteiger partial charge in [-0.05, 0) is 46.4 Å². The number of para-hydroxylation sites is 2. The number of rotatable bonds is 8. The molecule has 2 atom stereocenters. The second-order valence-corrected chi connectivity index (χ2v) is 23.0. The summed E-state index contributed by atoms with van der Waals surface area (Å²) in [5.74, 6) is 2.92. The molecule has 0 spiro atoms. The van der Waals surface area contributed by atoms with Crippen molar-refractivity contribution < 1.29 is 24.1 Å². The molecule has 0 fully saturated rings. The molecule has 0 amide bonds. The van der Waals surface area contributed by atoms with Crippen molar-refractivity contribution in [3.8, 4) is 56.4 Å². The summed E-state index contributed by atoms with van der Waals surface area (Å²) in [6.07, 6.45) is 4.04. The van der Waals surface area contributed by atoms with Gasteiger partial charge in [0.25, 0.3) is 0 Å². The van der Waals surface area contributed by atoms with Crippen molar-refractivity contribution in [1.82, 2.24) is 18.7 Å². The fraction of sp³-hybridized carbons (Fsp3) is 0.194. The van der Waals surface area contributed by atoms with Crippen LogP contribution in [0.4, 0.5) is 0 Å². The topological polar surface area (TPSA) is 36.9 Å². The number of benzene rings is 8. The monoisotopic (exact) mass is 1130 g/mol. The van der Waals surface area contributed by atoms with Gasteiger partial charge in [-0.15, -0.1) is 0 Å². The van der Waals surface area contributed by atoms with Crippen LogP contribution >= 0.6 is 0 Å². The van der Waals surface area contributed by atoms with E-state index in [4.69, 9.17) is 9.72 Å². The van der Waals surface area contributed by atoms with Crippen LogP contribution in [0.1, 0.15) is 95.5 Å².